The van der Waals surface area contributed by atoms with Gasteiger partial charge in [-0.25, -0.2) is 4.98 Å². The van der Waals surface area contributed by atoms with Gasteiger partial charge in [0, 0.05) is 11.5 Å². The second-order valence-electron chi connectivity index (χ2n) is 6.55. The highest BCUT2D eigenvalue weighted by Gasteiger charge is 2.16. The molecular weight excluding hydrogens is 352 g/mol. The fourth-order valence-electron chi connectivity index (χ4n) is 3.22. The van der Waals surface area contributed by atoms with E-state index in [0.29, 0.717) is 22.9 Å². The molecule has 1 N–H and O–H groups in total. The van der Waals surface area contributed by atoms with Crippen LogP contribution in [0.15, 0.2) is 60.7 Å². The van der Waals surface area contributed by atoms with Crippen molar-refractivity contribution in [3.63, 3.8) is 0 Å². The molecule has 4 aromatic rings. The van der Waals surface area contributed by atoms with Crippen molar-refractivity contribution in [2.24, 2.45) is 0 Å². The molecule has 0 aliphatic rings. The van der Waals surface area contributed by atoms with Gasteiger partial charge in [-0.05, 0) is 43.7 Å². The SMILES string of the molecule is COc1ccccc1C(=O)Nc1cc(C)nn1-c1cc(C)c2ccccc2n1. The van der Waals surface area contributed by atoms with Crippen LogP contribution in [0.2, 0.25) is 0 Å². The normalized spacial score (nSPS) is 10.8. The fourth-order valence-corrected chi connectivity index (χ4v) is 3.22. The van der Waals surface area contributed by atoms with Crippen molar-refractivity contribution in [3.05, 3.63) is 77.5 Å². The topological polar surface area (TPSA) is 69.0 Å². The monoisotopic (exact) mass is 372 g/mol. The largest absolute Gasteiger partial charge is 0.496 e. The number of anilines is 1. The van der Waals surface area contributed by atoms with Crippen LogP contribution in [-0.4, -0.2) is 27.8 Å². The lowest BCUT2D eigenvalue weighted by molar-refractivity contribution is 0.102. The molecule has 0 radical (unpaired) electrons. The van der Waals surface area contributed by atoms with Gasteiger partial charge < -0.3 is 10.1 Å². The van der Waals surface area contributed by atoms with E-state index in [1.165, 1.54) is 0 Å². The number of hydrogen-bond acceptors (Lipinski definition) is 4. The number of fused-ring (bicyclic) bond motifs is 1. The lowest BCUT2D eigenvalue weighted by Gasteiger charge is -2.12. The lowest BCUT2D eigenvalue weighted by Crippen LogP contribution is -2.16. The summed E-state index contributed by atoms with van der Waals surface area (Å²) in [4.78, 5) is 17.5. The quantitative estimate of drug-likeness (QED) is 0.580. The van der Waals surface area contributed by atoms with E-state index in [1.807, 2.05) is 56.3 Å². The Bertz CT molecular complexity index is 1180. The van der Waals surface area contributed by atoms with Gasteiger partial charge in [0.2, 0.25) is 0 Å². The van der Waals surface area contributed by atoms with Crippen molar-refractivity contribution in [2.75, 3.05) is 12.4 Å². The number of methoxy groups -OCH3 is 1. The molecule has 0 aliphatic heterocycles. The van der Waals surface area contributed by atoms with Crippen molar-refractivity contribution >= 4 is 22.6 Å². The Hall–Kier alpha value is -3.67. The average molecular weight is 372 g/mol. The molecule has 2 heterocycles. The van der Waals surface area contributed by atoms with Gasteiger partial charge in [-0.1, -0.05) is 30.3 Å². The number of nitrogens with one attached hydrogen (secondary N) is 1. The number of nitrogens with zero attached hydrogens (tertiary/aromatic N) is 3. The zero-order chi connectivity index (χ0) is 19.7. The summed E-state index contributed by atoms with van der Waals surface area (Å²) in [5.41, 5.74) is 3.21. The van der Waals surface area contributed by atoms with E-state index in [4.69, 9.17) is 9.72 Å². The molecule has 0 fully saturated rings. The Balaban J connectivity index is 1.75. The molecule has 0 aliphatic carbocycles. The molecule has 0 bridgehead atoms. The van der Waals surface area contributed by atoms with E-state index in [0.717, 1.165) is 22.2 Å². The molecule has 0 atom stereocenters. The van der Waals surface area contributed by atoms with Crippen molar-refractivity contribution in [1.29, 1.82) is 0 Å². The molecule has 6 nitrogen and oxygen atoms in total. The number of aromatic nitrogens is 3. The zero-order valence-corrected chi connectivity index (χ0v) is 15.9. The van der Waals surface area contributed by atoms with Gasteiger partial charge in [-0.3, -0.25) is 4.79 Å². The standard InChI is InChI=1S/C22H20N4O2/c1-14-12-20(23-18-10-6-4-8-16(14)18)26-21(13-15(2)25-26)24-22(27)17-9-5-7-11-19(17)28-3/h4-13H,1-3H3,(H,24,27). The van der Waals surface area contributed by atoms with Gasteiger partial charge in [0.25, 0.3) is 5.91 Å². The zero-order valence-electron chi connectivity index (χ0n) is 15.9. The molecule has 4 rings (SSSR count). The van der Waals surface area contributed by atoms with Crippen molar-refractivity contribution in [2.45, 2.75) is 13.8 Å². The van der Waals surface area contributed by atoms with Crippen molar-refractivity contribution in [3.8, 4) is 11.6 Å². The maximum atomic E-state index is 12.8. The molecule has 6 heteroatoms. The van der Waals surface area contributed by atoms with Gasteiger partial charge >= 0.3 is 0 Å². The fraction of sp³-hybridized carbons (Fsp3) is 0.136. The Kier molecular flexibility index (Phi) is 4.53. The smallest absolute Gasteiger partial charge is 0.260 e. The van der Waals surface area contributed by atoms with Gasteiger partial charge in [-0.15, -0.1) is 0 Å². The van der Waals surface area contributed by atoms with Crippen LogP contribution in [0.25, 0.3) is 16.7 Å². The molecule has 0 spiro atoms. The second kappa shape index (κ2) is 7.15. The minimum Gasteiger partial charge on any atom is -0.496 e. The van der Waals surface area contributed by atoms with Crippen LogP contribution in [0, 0.1) is 13.8 Å². The van der Waals surface area contributed by atoms with Crippen LogP contribution in [0.1, 0.15) is 21.6 Å². The molecule has 2 aromatic carbocycles. The Morgan fingerprint density at radius 1 is 1.04 bits per heavy atom. The maximum Gasteiger partial charge on any atom is 0.260 e. The number of ether oxygens (including phenoxy) is 1. The first-order valence-corrected chi connectivity index (χ1v) is 8.94. The maximum absolute atomic E-state index is 12.8. The predicted octanol–water partition coefficient (Wildman–Crippen LogP) is 4.30. The van der Waals surface area contributed by atoms with Crippen molar-refractivity contribution < 1.29 is 9.53 Å². The Morgan fingerprint density at radius 3 is 2.61 bits per heavy atom. The summed E-state index contributed by atoms with van der Waals surface area (Å²) >= 11 is 0. The number of para-hydroxylation sites is 2. The molecule has 2 aromatic heterocycles. The van der Waals surface area contributed by atoms with Crippen LogP contribution in [0.5, 0.6) is 5.75 Å². The van der Waals surface area contributed by atoms with E-state index < -0.39 is 0 Å². The van der Waals surface area contributed by atoms with Crippen LogP contribution in [-0.2, 0) is 0 Å². The number of carbonyl (C=O) groups is 1. The van der Waals surface area contributed by atoms with Crippen molar-refractivity contribution in [1.82, 2.24) is 14.8 Å². The lowest BCUT2D eigenvalue weighted by atomic mass is 10.1. The van der Waals surface area contributed by atoms with E-state index >= 15 is 0 Å². The predicted molar refractivity (Wildman–Crippen MR) is 109 cm³/mol. The number of carbonyl (C=O) groups excluding carboxylic acids is 1. The Morgan fingerprint density at radius 2 is 1.79 bits per heavy atom. The molecule has 140 valence electrons. The third-order valence-corrected chi connectivity index (χ3v) is 4.55. The first-order chi connectivity index (χ1) is 13.6. The highest BCUT2D eigenvalue weighted by atomic mass is 16.5. The minimum atomic E-state index is -0.267. The van der Waals surface area contributed by atoms with Gasteiger partial charge in [0.1, 0.15) is 11.6 Å². The van der Waals surface area contributed by atoms with E-state index in [2.05, 4.69) is 10.4 Å². The van der Waals surface area contributed by atoms with E-state index in [-0.39, 0.29) is 5.91 Å². The number of amides is 1. The highest BCUT2D eigenvalue weighted by molar-refractivity contribution is 6.06. The van der Waals surface area contributed by atoms with Gasteiger partial charge in [0.05, 0.1) is 23.9 Å². The summed E-state index contributed by atoms with van der Waals surface area (Å²) in [5, 5.41) is 8.55. The van der Waals surface area contributed by atoms with Crippen LogP contribution in [0.3, 0.4) is 0 Å². The van der Waals surface area contributed by atoms with Crippen LogP contribution >= 0.6 is 0 Å². The van der Waals surface area contributed by atoms with E-state index in [1.54, 1.807) is 30.0 Å². The molecule has 0 saturated heterocycles. The summed E-state index contributed by atoms with van der Waals surface area (Å²) in [6, 6.07) is 18.8. The second-order valence-corrected chi connectivity index (χ2v) is 6.55. The van der Waals surface area contributed by atoms with Crippen LogP contribution in [0.4, 0.5) is 5.82 Å². The average Bonchev–Trinajstić information content (AvgIpc) is 3.08. The summed E-state index contributed by atoms with van der Waals surface area (Å²) < 4.78 is 6.95. The molecule has 0 saturated carbocycles. The summed E-state index contributed by atoms with van der Waals surface area (Å²) in [7, 11) is 1.54. The van der Waals surface area contributed by atoms with Gasteiger partial charge in [0.15, 0.2) is 5.82 Å². The summed E-state index contributed by atoms with van der Waals surface area (Å²) in [6.07, 6.45) is 0. The third kappa shape index (κ3) is 3.20. The first kappa shape index (κ1) is 17.7. The minimum absolute atomic E-state index is 0.267. The molecular formula is C22H20N4O2. The van der Waals surface area contributed by atoms with Crippen LogP contribution < -0.4 is 10.1 Å². The molecule has 1 amide bonds. The van der Waals surface area contributed by atoms with Gasteiger partial charge in [-0.2, -0.15) is 9.78 Å². The molecule has 28 heavy (non-hydrogen) atoms. The molecule has 0 unspecified atom stereocenters. The number of benzene rings is 2. The number of pyridine rings is 1. The third-order valence-electron chi connectivity index (χ3n) is 4.55. The Labute approximate surface area is 162 Å². The summed E-state index contributed by atoms with van der Waals surface area (Å²) in [6.45, 7) is 3.92. The first-order valence-electron chi connectivity index (χ1n) is 8.94. The van der Waals surface area contributed by atoms with E-state index in [9.17, 15) is 4.79 Å². The number of rotatable bonds is 4. The number of hydrogen-bond donors (Lipinski definition) is 1. The summed E-state index contributed by atoms with van der Waals surface area (Å²) in [5.74, 6) is 1.45. The highest BCUT2D eigenvalue weighted by Crippen LogP contribution is 2.24. The number of aryl methyl sites for hydroxylation is 2.